The van der Waals surface area contributed by atoms with Gasteiger partial charge >= 0.3 is 0 Å². The lowest BCUT2D eigenvalue weighted by Gasteiger charge is -2.13. The van der Waals surface area contributed by atoms with E-state index in [1.54, 1.807) is 18.2 Å². The molecule has 0 saturated heterocycles. The molecule has 0 unspecified atom stereocenters. The largest absolute Gasteiger partial charge is 0.489 e. The van der Waals surface area contributed by atoms with Crippen LogP contribution in [0.25, 0.3) is 0 Å². The van der Waals surface area contributed by atoms with Gasteiger partial charge in [0.2, 0.25) is 0 Å². The molecule has 0 aromatic heterocycles. The predicted molar refractivity (Wildman–Crippen MR) is 96.4 cm³/mol. The summed E-state index contributed by atoms with van der Waals surface area (Å²) in [7, 11) is 0. The van der Waals surface area contributed by atoms with Gasteiger partial charge in [-0.1, -0.05) is 47.5 Å². The van der Waals surface area contributed by atoms with Gasteiger partial charge in [0.15, 0.2) is 0 Å². The fourth-order valence-electron chi connectivity index (χ4n) is 2.47. The number of ether oxygens (including phenoxy) is 1. The Morgan fingerprint density at radius 1 is 0.720 bits per heavy atom. The van der Waals surface area contributed by atoms with Crippen molar-refractivity contribution in [3.05, 3.63) is 99.0 Å². The molecule has 0 amide bonds. The maximum absolute atomic E-state index is 14.0. The summed E-state index contributed by atoms with van der Waals surface area (Å²) < 4.78 is 33.6. The van der Waals surface area contributed by atoms with Crippen molar-refractivity contribution in [1.82, 2.24) is 0 Å². The van der Waals surface area contributed by atoms with Crippen LogP contribution in [0.15, 0.2) is 60.7 Å². The molecule has 0 bridgehead atoms. The van der Waals surface area contributed by atoms with Crippen molar-refractivity contribution in [3.63, 3.8) is 0 Å². The first-order valence-electron chi connectivity index (χ1n) is 7.61. The van der Waals surface area contributed by atoms with E-state index in [2.05, 4.69) is 0 Å². The number of halogens is 4. The molecule has 0 N–H and O–H groups in total. The molecular weight excluding hydrogens is 365 g/mol. The third kappa shape index (κ3) is 4.50. The molecule has 3 aromatic carbocycles. The summed E-state index contributed by atoms with van der Waals surface area (Å²) >= 11 is 11.7. The molecule has 5 heteroatoms. The van der Waals surface area contributed by atoms with Crippen LogP contribution in [-0.4, -0.2) is 0 Å². The van der Waals surface area contributed by atoms with Gasteiger partial charge in [-0.25, -0.2) is 8.78 Å². The Morgan fingerprint density at radius 2 is 1.44 bits per heavy atom. The van der Waals surface area contributed by atoms with Gasteiger partial charge in [0, 0.05) is 22.0 Å². The van der Waals surface area contributed by atoms with Crippen molar-refractivity contribution in [1.29, 1.82) is 0 Å². The summed E-state index contributed by atoms with van der Waals surface area (Å²) in [5.41, 5.74) is 1.67. The molecule has 0 aliphatic heterocycles. The van der Waals surface area contributed by atoms with Gasteiger partial charge in [0.05, 0.1) is 0 Å². The van der Waals surface area contributed by atoms with Crippen LogP contribution in [0.5, 0.6) is 5.75 Å². The number of hydrogen-bond acceptors (Lipinski definition) is 1. The minimum absolute atomic E-state index is 0.0342. The molecular formula is C20H14Cl2F2O. The van der Waals surface area contributed by atoms with E-state index in [-0.39, 0.29) is 18.2 Å². The monoisotopic (exact) mass is 378 g/mol. The van der Waals surface area contributed by atoms with E-state index in [4.69, 9.17) is 27.9 Å². The van der Waals surface area contributed by atoms with Gasteiger partial charge < -0.3 is 4.74 Å². The lowest BCUT2D eigenvalue weighted by atomic mass is 10.0. The van der Waals surface area contributed by atoms with Crippen molar-refractivity contribution >= 4 is 23.2 Å². The molecule has 0 heterocycles. The lowest BCUT2D eigenvalue weighted by molar-refractivity contribution is 0.297. The SMILES string of the molecule is Fc1ccc(Cl)cc1COc1ccccc1Cc1ccc(Cl)cc1F. The average molecular weight is 379 g/mol. The first-order chi connectivity index (χ1) is 12.0. The van der Waals surface area contributed by atoms with E-state index in [1.165, 1.54) is 24.3 Å². The van der Waals surface area contributed by atoms with Crippen LogP contribution in [0.1, 0.15) is 16.7 Å². The Labute approximate surface area is 154 Å². The Balaban J connectivity index is 1.80. The molecule has 0 fully saturated rings. The summed E-state index contributed by atoms with van der Waals surface area (Å²) in [6, 6.07) is 16.1. The van der Waals surface area contributed by atoms with Crippen molar-refractivity contribution in [3.8, 4) is 5.75 Å². The number of hydrogen-bond donors (Lipinski definition) is 0. The van der Waals surface area contributed by atoms with E-state index < -0.39 is 0 Å². The molecule has 3 aromatic rings. The summed E-state index contributed by atoms with van der Waals surface area (Å²) in [4.78, 5) is 0. The van der Waals surface area contributed by atoms with Crippen LogP contribution in [0.2, 0.25) is 10.0 Å². The maximum Gasteiger partial charge on any atom is 0.129 e. The van der Waals surface area contributed by atoms with E-state index in [1.807, 2.05) is 18.2 Å². The van der Waals surface area contributed by atoms with Gasteiger partial charge in [-0.2, -0.15) is 0 Å². The van der Waals surface area contributed by atoms with Crippen LogP contribution < -0.4 is 4.74 Å². The molecule has 0 radical (unpaired) electrons. The average Bonchev–Trinajstić information content (AvgIpc) is 2.59. The van der Waals surface area contributed by atoms with Gasteiger partial charge in [-0.3, -0.25) is 0 Å². The first-order valence-corrected chi connectivity index (χ1v) is 8.37. The summed E-state index contributed by atoms with van der Waals surface area (Å²) in [6.07, 6.45) is 0.344. The highest BCUT2D eigenvalue weighted by molar-refractivity contribution is 6.30. The van der Waals surface area contributed by atoms with Crippen LogP contribution in [0.3, 0.4) is 0 Å². The number of para-hydroxylation sites is 1. The van der Waals surface area contributed by atoms with Gasteiger partial charge in [-0.05, 0) is 47.5 Å². The number of rotatable bonds is 5. The molecule has 25 heavy (non-hydrogen) atoms. The minimum atomic E-state index is -0.384. The van der Waals surface area contributed by atoms with E-state index in [0.29, 0.717) is 33.3 Å². The Kier molecular flexibility index (Phi) is 5.57. The number of benzene rings is 3. The second-order valence-electron chi connectivity index (χ2n) is 5.54. The summed E-state index contributed by atoms with van der Waals surface area (Å²) in [5.74, 6) is -0.190. The topological polar surface area (TPSA) is 9.23 Å². The van der Waals surface area contributed by atoms with Crippen LogP contribution in [0.4, 0.5) is 8.78 Å². The van der Waals surface area contributed by atoms with Crippen molar-refractivity contribution in [2.24, 2.45) is 0 Å². The van der Waals surface area contributed by atoms with Crippen molar-refractivity contribution in [2.45, 2.75) is 13.0 Å². The third-order valence-electron chi connectivity index (χ3n) is 3.76. The highest BCUT2D eigenvalue weighted by Gasteiger charge is 2.10. The molecule has 0 aliphatic rings. The predicted octanol–water partition coefficient (Wildman–Crippen LogP) is 6.44. The molecule has 0 saturated carbocycles. The second-order valence-corrected chi connectivity index (χ2v) is 6.42. The van der Waals surface area contributed by atoms with E-state index in [9.17, 15) is 8.78 Å². The molecule has 1 nitrogen and oxygen atoms in total. The minimum Gasteiger partial charge on any atom is -0.489 e. The van der Waals surface area contributed by atoms with Gasteiger partial charge in [-0.15, -0.1) is 0 Å². The van der Waals surface area contributed by atoms with Gasteiger partial charge in [0.25, 0.3) is 0 Å². The molecule has 128 valence electrons. The normalized spacial score (nSPS) is 10.7. The van der Waals surface area contributed by atoms with Crippen molar-refractivity contribution < 1.29 is 13.5 Å². The molecule has 0 atom stereocenters. The highest BCUT2D eigenvalue weighted by atomic mass is 35.5. The van der Waals surface area contributed by atoms with E-state index >= 15 is 0 Å². The summed E-state index contributed by atoms with van der Waals surface area (Å²) in [5, 5.41) is 0.790. The second kappa shape index (κ2) is 7.85. The lowest BCUT2D eigenvalue weighted by Crippen LogP contribution is -2.02. The quantitative estimate of drug-likeness (QED) is 0.496. The van der Waals surface area contributed by atoms with Crippen LogP contribution in [0, 0.1) is 11.6 Å². The van der Waals surface area contributed by atoms with Crippen LogP contribution in [-0.2, 0) is 13.0 Å². The summed E-state index contributed by atoms with van der Waals surface area (Å²) in [6.45, 7) is 0.0342. The van der Waals surface area contributed by atoms with Gasteiger partial charge in [0.1, 0.15) is 24.0 Å². The Morgan fingerprint density at radius 3 is 2.24 bits per heavy atom. The zero-order chi connectivity index (χ0) is 17.8. The van der Waals surface area contributed by atoms with Crippen molar-refractivity contribution in [2.75, 3.05) is 0 Å². The van der Waals surface area contributed by atoms with Crippen LogP contribution >= 0.6 is 23.2 Å². The Bertz CT molecular complexity index is 897. The highest BCUT2D eigenvalue weighted by Crippen LogP contribution is 2.25. The zero-order valence-corrected chi connectivity index (χ0v) is 14.6. The fourth-order valence-corrected chi connectivity index (χ4v) is 2.82. The fraction of sp³-hybridized carbons (Fsp3) is 0.100. The maximum atomic E-state index is 14.0. The molecule has 0 aliphatic carbocycles. The van der Waals surface area contributed by atoms with E-state index in [0.717, 1.165) is 5.56 Å². The molecule has 3 rings (SSSR count). The Hall–Kier alpha value is -2.10. The first kappa shape index (κ1) is 17.7. The molecule has 0 spiro atoms. The zero-order valence-electron chi connectivity index (χ0n) is 13.1. The smallest absolute Gasteiger partial charge is 0.129 e. The third-order valence-corrected chi connectivity index (χ3v) is 4.23. The standard InChI is InChI=1S/C20H14Cl2F2O/c21-16-7-8-18(23)15(10-16)12-25-20-4-2-1-3-14(20)9-13-5-6-17(22)11-19(13)24/h1-8,10-11H,9,12H2.